The van der Waals surface area contributed by atoms with Crippen LogP contribution < -0.4 is 0 Å². The largest absolute Gasteiger partial charge is 0.204 e. The molecule has 0 bridgehead atoms. The highest BCUT2D eigenvalue weighted by molar-refractivity contribution is 5.55. The number of rotatable bonds is 1. The summed E-state index contributed by atoms with van der Waals surface area (Å²) in [5.41, 5.74) is 1.89. The highest BCUT2D eigenvalue weighted by Crippen LogP contribution is 2.14. The second-order valence-corrected chi connectivity index (χ2v) is 2.80. The topological polar surface area (TPSA) is 43.6 Å². The van der Waals surface area contributed by atoms with Crippen molar-refractivity contribution in [2.24, 2.45) is 7.05 Å². The fourth-order valence-corrected chi connectivity index (χ4v) is 1.11. The molecule has 0 saturated heterocycles. The molecule has 0 saturated carbocycles. The molecule has 1 aromatic heterocycles. The van der Waals surface area contributed by atoms with E-state index >= 15 is 0 Å². The molecule has 2 rings (SSSR count). The number of benzene rings is 1. The van der Waals surface area contributed by atoms with Crippen molar-refractivity contribution in [3.05, 3.63) is 36.8 Å². The molecule has 0 aliphatic rings. The van der Waals surface area contributed by atoms with Crippen molar-refractivity contribution in [2.75, 3.05) is 0 Å². The summed E-state index contributed by atoms with van der Waals surface area (Å²) in [6.07, 6.45) is 0. The van der Waals surface area contributed by atoms with E-state index in [0.29, 0.717) is 5.82 Å². The minimum absolute atomic E-state index is 0.632. The number of aryl methyl sites for hydroxylation is 1. The number of aromatic nitrogens is 4. The Kier molecular flexibility index (Phi) is 1.81. The van der Waals surface area contributed by atoms with Crippen LogP contribution in [-0.4, -0.2) is 20.2 Å². The number of nitrogens with zero attached hydrogens (tertiary/aromatic N) is 4. The Morgan fingerprint density at radius 1 is 1.38 bits per heavy atom. The third-order valence-electron chi connectivity index (χ3n) is 1.69. The predicted molar refractivity (Wildman–Crippen MR) is 48.7 cm³/mol. The Hall–Kier alpha value is -1.71. The van der Waals surface area contributed by atoms with E-state index in [0.717, 1.165) is 11.1 Å². The van der Waals surface area contributed by atoms with Crippen LogP contribution in [0.15, 0.2) is 24.3 Å². The lowest BCUT2D eigenvalue weighted by Gasteiger charge is -1.94. The zero-order chi connectivity index (χ0) is 9.26. The molecule has 0 unspecified atom stereocenters. The van der Waals surface area contributed by atoms with Gasteiger partial charge < -0.3 is 0 Å². The molecule has 1 heterocycles. The lowest BCUT2D eigenvalue weighted by molar-refractivity contribution is 0.630. The molecule has 0 amide bonds. The summed E-state index contributed by atoms with van der Waals surface area (Å²) in [6, 6.07) is 7.72. The van der Waals surface area contributed by atoms with Crippen LogP contribution in [0.2, 0.25) is 0 Å². The average Bonchev–Trinajstić information content (AvgIpc) is 2.52. The number of hydrogen-bond acceptors (Lipinski definition) is 3. The van der Waals surface area contributed by atoms with Crippen LogP contribution in [0.5, 0.6) is 0 Å². The van der Waals surface area contributed by atoms with Gasteiger partial charge in [-0.25, -0.2) is 0 Å². The molecule has 1 aromatic carbocycles. The van der Waals surface area contributed by atoms with Gasteiger partial charge in [-0.2, -0.15) is 4.80 Å². The minimum atomic E-state index is 0.632. The van der Waals surface area contributed by atoms with Gasteiger partial charge >= 0.3 is 0 Å². The van der Waals surface area contributed by atoms with Gasteiger partial charge in [0.1, 0.15) is 0 Å². The van der Waals surface area contributed by atoms with Crippen molar-refractivity contribution in [3.63, 3.8) is 0 Å². The molecule has 0 spiro atoms. The Labute approximate surface area is 76.2 Å². The average molecular weight is 173 g/mol. The zero-order valence-electron chi connectivity index (χ0n) is 7.31. The first-order valence-electron chi connectivity index (χ1n) is 3.92. The minimum Gasteiger partial charge on any atom is -0.167 e. The van der Waals surface area contributed by atoms with Crippen molar-refractivity contribution in [1.82, 2.24) is 20.2 Å². The van der Waals surface area contributed by atoms with Gasteiger partial charge in [0.25, 0.3) is 0 Å². The summed E-state index contributed by atoms with van der Waals surface area (Å²) >= 11 is 0. The van der Waals surface area contributed by atoms with E-state index in [-0.39, 0.29) is 0 Å². The maximum Gasteiger partial charge on any atom is 0.204 e. The van der Waals surface area contributed by atoms with E-state index < -0.39 is 0 Å². The Bertz CT molecular complexity index is 419. The number of hydrogen-bond donors (Lipinski definition) is 0. The summed E-state index contributed by atoms with van der Waals surface area (Å²) in [5.74, 6) is 0.632. The first-order chi connectivity index (χ1) is 6.25. The summed E-state index contributed by atoms with van der Waals surface area (Å²) in [6.45, 7) is 3.83. The van der Waals surface area contributed by atoms with Gasteiger partial charge in [0.15, 0.2) is 0 Å². The smallest absolute Gasteiger partial charge is 0.167 e. The summed E-state index contributed by atoms with van der Waals surface area (Å²) in [5, 5.41) is 11.7. The molecule has 2 aromatic rings. The quantitative estimate of drug-likeness (QED) is 0.647. The van der Waals surface area contributed by atoms with Crippen molar-refractivity contribution < 1.29 is 0 Å². The lowest BCUT2D eigenvalue weighted by atomic mass is 10.1. The summed E-state index contributed by atoms with van der Waals surface area (Å²) in [4.78, 5) is 1.44. The third-order valence-corrected chi connectivity index (χ3v) is 1.69. The molecular formula is C9H9N4. The SMILES string of the molecule is [CH2]c1cccc(-c2nnn(C)n2)c1. The molecule has 65 valence electrons. The molecule has 4 nitrogen and oxygen atoms in total. The van der Waals surface area contributed by atoms with Gasteiger partial charge in [-0.3, -0.25) is 0 Å². The van der Waals surface area contributed by atoms with Gasteiger partial charge in [0.05, 0.1) is 7.05 Å². The van der Waals surface area contributed by atoms with Crippen molar-refractivity contribution >= 4 is 0 Å². The second-order valence-electron chi connectivity index (χ2n) is 2.80. The Morgan fingerprint density at radius 2 is 2.23 bits per heavy atom. The monoisotopic (exact) mass is 173 g/mol. The predicted octanol–water partition coefficient (Wildman–Crippen LogP) is 1.06. The fourth-order valence-electron chi connectivity index (χ4n) is 1.11. The molecule has 4 heteroatoms. The van der Waals surface area contributed by atoms with Crippen LogP contribution in [0, 0.1) is 6.92 Å². The molecule has 1 radical (unpaired) electrons. The van der Waals surface area contributed by atoms with Crippen LogP contribution >= 0.6 is 0 Å². The van der Waals surface area contributed by atoms with Crippen LogP contribution in [0.1, 0.15) is 5.56 Å². The normalized spacial score (nSPS) is 10.3. The van der Waals surface area contributed by atoms with E-state index in [2.05, 4.69) is 22.3 Å². The van der Waals surface area contributed by atoms with E-state index in [4.69, 9.17) is 0 Å². The van der Waals surface area contributed by atoms with Crippen molar-refractivity contribution in [3.8, 4) is 11.4 Å². The van der Waals surface area contributed by atoms with Gasteiger partial charge in [-0.1, -0.05) is 18.2 Å². The standard InChI is InChI=1S/C9H9N4/c1-7-4-3-5-8(6-7)9-10-12-13(2)11-9/h3-6H,1H2,2H3. The maximum absolute atomic E-state index is 4.09. The molecule has 0 N–H and O–H groups in total. The second kappa shape index (κ2) is 2.97. The summed E-state index contributed by atoms with van der Waals surface area (Å²) in [7, 11) is 1.74. The third kappa shape index (κ3) is 1.56. The zero-order valence-corrected chi connectivity index (χ0v) is 7.31. The van der Waals surface area contributed by atoms with Crippen molar-refractivity contribution in [1.29, 1.82) is 0 Å². The van der Waals surface area contributed by atoms with E-state index in [9.17, 15) is 0 Å². The Morgan fingerprint density at radius 3 is 2.85 bits per heavy atom. The molecule has 0 aliphatic heterocycles. The van der Waals surface area contributed by atoms with Gasteiger partial charge in [0.2, 0.25) is 5.82 Å². The molecule has 13 heavy (non-hydrogen) atoms. The van der Waals surface area contributed by atoms with Crippen LogP contribution in [-0.2, 0) is 7.05 Å². The highest BCUT2D eigenvalue weighted by atomic mass is 15.6. The van der Waals surface area contributed by atoms with E-state index in [1.807, 2.05) is 24.3 Å². The first kappa shape index (κ1) is 7.91. The van der Waals surface area contributed by atoms with Gasteiger partial charge in [-0.15, -0.1) is 10.2 Å². The maximum atomic E-state index is 4.09. The summed E-state index contributed by atoms with van der Waals surface area (Å²) < 4.78 is 0. The van der Waals surface area contributed by atoms with Crippen molar-refractivity contribution in [2.45, 2.75) is 0 Å². The Balaban J connectivity index is 2.46. The van der Waals surface area contributed by atoms with Gasteiger partial charge in [-0.05, 0) is 23.8 Å². The number of tetrazole rings is 1. The first-order valence-corrected chi connectivity index (χ1v) is 3.92. The van der Waals surface area contributed by atoms with Crippen LogP contribution in [0.25, 0.3) is 11.4 Å². The van der Waals surface area contributed by atoms with Crippen LogP contribution in [0.3, 0.4) is 0 Å². The molecule has 0 aliphatic carbocycles. The van der Waals surface area contributed by atoms with Gasteiger partial charge in [0, 0.05) is 5.56 Å². The molecular weight excluding hydrogens is 164 g/mol. The molecule has 0 fully saturated rings. The fraction of sp³-hybridized carbons (Fsp3) is 0.111. The van der Waals surface area contributed by atoms with E-state index in [1.165, 1.54) is 4.80 Å². The lowest BCUT2D eigenvalue weighted by Crippen LogP contribution is -1.91. The van der Waals surface area contributed by atoms with Crippen LogP contribution in [0.4, 0.5) is 0 Å². The highest BCUT2D eigenvalue weighted by Gasteiger charge is 2.02. The van der Waals surface area contributed by atoms with E-state index in [1.54, 1.807) is 7.05 Å². The molecule has 0 atom stereocenters.